The second-order valence-electron chi connectivity index (χ2n) is 22.5. The van der Waals surface area contributed by atoms with Gasteiger partial charge in [-0.25, -0.2) is 8.78 Å². The molecule has 2 aliphatic heterocycles. The van der Waals surface area contributed by atoms with Gasteiger partial charge in [0.05, 0.1) is 6.04 Å². The Morgan fingerprint density at radius 3 is 1.29 bits per heavy atom. The Bertz CT molecular complexity index is 3380. The van der Waals surface area contributed by atoms with E-state index >= 15 is 0 Å². The average molecular weight is 1200 g/mol. The van der Waals surface area contributed by atoms with Crippen LogP contribution in [0.5, 0.6) is 0 Å². The minimum absolute atomic E-state index is 0. The molecule has 456 valence electrons. The van der Waals surface area contributed by atoms with Crippen molar-refractivity contribution in [3.05, 3.63) is 167 Å². The van der Waals surface area contributed by atoms with Gasteiger partial charge in [0.15, 0.2) is 0 Å². The number of hydrogen-bond acceptors (Lipinski definition) is 9. The molecule has 6 aromatic carbocycles. The summed E-state index contributed by atoms with van der Waals surface area (Å²) >= 11 is 4.64. The van der Waals surface area contributed by atoms with E-state index in [1.807, 2.05) is 78.9 Å². The Morgan fingerprint density at radius 1 is 0.535 bits per heavy atom. The number of nitrogens with zero attached hydrogens (tertiary/aromatic N) is 4. The van der Waals surface area contributed by atoms with E-state index in [9.17, 15) is 47.1 Å². The summed E-state index contributed by atoms with van der Waals surface area (Å²) in [6, 6.07) is 35.4. The zero-order chi connectivity index (χ0) is 60.9. The highest BCUT2D eigenvalue weighted by Gasteiger charge is 2.47. The Labute approximate surface area is 507 Å². The minimum atomic E-state index is -0.902. The van der Waals surface area contributed by atoms with Crippen molar-refractivity contribution in [1.29, 1.82) is 0 Å². The molecule has 0 unspecified atom stereocenters. The fraction of sp³-hybridized carbons (Fsp3) is 0.403. The number of nitrogens with two attached hydrogens (primary N) is 1. The zero-order valence-electron chi connectivity index (χ0n) is 48.5. The Kier molecular flexibility index (Phi) is 23.1. The predicted octanol–water partition coefficient (Wildman–Crippen LogP) is 7.68. The summed E-state index contributed by atoms with van der Waals surface area (Å²) in [5.41, 5.74) is 9.68. The first-order chi connectivity index (χ1) is 40.8. The lowest BCUT2D eigenvalue weighted by molar-refractivity contribution is -0.157. The summed E-state index contributed by atoms with van der Waals surface area (Å²) in [4.78, 5) is 110. The number of amides is 7. The number of fused-ring (bicyclic) bond motifs is 2. The molecular weight excluding hydrogens is 1120 g/mol. The van der Waals surface area contributed by atoms with Crippen molar-refractivity contribution >= 4 is 79.7 Å². The molecule has 10 rings (SSSR count). The van der Waals surface area contributed by atoms with E-state index < -0.39 is 36.3 Å². The highest BCUT2D eigenvalue weighted by molar-refractivity contribution is 6.62. The molecule has 0 bridgehead atoms. The van der Waals surface area contributed by atoms with Crippen molar-refractivity contribution in [2.75, 3.05) is 40.3 Å². The SMILES string of the molecule is C.CC(=O)Cl.CNC(=O)[C@H](Cc1ccc2ccccc2c1)N1CCN(C(=O)[C@@H](Cc2ccc(F)cc2)NC(C)=O)[C@@H](CC2CC2)C1=O.CNC(=O)[C@H](Cc1ccc2ccccc2c1)N1CCN(C(=O)[C@H](N)Cc2ccc(F)cc2)[C@@H](CC2CC2)C1=O. The van der Waals surface area contributed by atoms with Crippen LogP contribution in [0.1, 0.15) is 82.1 Å². The molecule has 5 N–H and O–H groups in total. The molecule has 2 heterocycles. The molecule has 6 atom stereocenters. The van der Waals surface area contributed by atoms with Crippen molar-refractivity contribution in [3.8, 4) is 0 Å². The lowest BCUT2D eigenvalue weighted by atomic mass is 9.96. The van der Waals surface area contributed by atoms with E-state index in [0.29, 0.717) is 49.6 Å². The van der Waals surface area contributed by atoms with Crippen molar-refractivity contribution in [2.24, 2.45) is 17.6 Å². The normalized spacial score (nSPS) is 18.0. The van der Waals surface area contributed by atoms with Gasteiger partial charge in [-0.05, 0) is 111 Å². The minimum Gasteiger partial charge on any atom is -0.357 e. The third kappa shape index (κ3) is 17.5. The maximum Gasteiger partial charge on any atom is 0.246 e. The molecule has 6 aromatic rings. The number of likely N-dealkylation sites (N-methyl/N-ethyl adjacent to an activating group) is 2. The average Bonchev–Trinajstić information content (AvgIpc) is 2.26. The van der Waals surface area contributed by atoms with Crippen LogP contribution in [0.25, 0.3) is 21.5 Å². The van der Waals surface area contributed by atoms with Crippen LogP contribution >= 0.6 is 11.6 Å². The van der Waals surface area contributed by atoms with Gasteiger partial charge in [-0.2, -0.15) is 0 Å². The molecule has 4 fully saturated rings. The summed E-state index contributed by atoms with van der Waals surface area (Å²) in [6.45, 7) is 3.64. The standard InChI is InChI=1S/C33H37FN4O4.C31H35FN4O3.C2H3ClO.CH4/c1-21(39)36-28(18-22-10-13-27(34)14-11-22)32(41)38-16-15-37(33(42)30(38)19-23-7-8-23)29(31(40)35-2)20-24-9-12-25-5-3-4-6-26(25)17-24;1-34-29(37)27(19-22-8-11-23-4-2-3-5-24(23)16-22)35-14-15-36(28(31(35)39)18-21-6-7-21)30(38)26(33)17-20-9-12-25(32)13-10-20;1-2(3)4;/h3-6,9-14,17,23,28-30H,7-8,15-16,18-20H2,1-2H3,(H,35,40)(H,36,39);2-5,8-13,16,21,26-28H,6-7,14-15,17-19,33H2,1H3,(H,34,37);1H3;1H4/t28-,29+,30+;26-,27+,28+;;/m11../s1. The van der Waals surface area contributed by atoms with Gasteiger partial charge in [-0.1, -0.05) is 142 Å². The van der Waals surface area contributed by atoms with Crippen molar-refractivity contribution in [2.45, 2.75) is 122 Å². The van der Waals surface area contributed by atoms with Crippen molar-refractivity contribution in [3.63, 3.8) is 0 Å². The number of hydrogen-bond donors (Lipinski definition) is 4. The summed E-state index contributed by atoms with van der Waals surface area (Å²) in [6.07, 6.45) is 6.29. The number of carbonyl (C=O) groups excluding carboxylic acids is 8. The van der Waals surface area contributed by atoms with Crippen molar-refractivity contribution in [1.82, 2.24) is 35.6 Å². The molecular formula is C67H79ClF2N8O8. The Balaban J connectivity index is 0.000000230. The topological polar surface area (TPSA) is 212 Å². The molecule has 0 radical (unpaired) electrons. The molecule has 0 aromatic heterocycles. The van der Waals surface area contributed by atoms with Gasteiger partial charge >= 0.3 is 0 Å². The lowest BCUT2D eigenvalue weighted by Gasteiger charge is -2.44. The van der Waals surface area contributed by atoms with Crippen LogP contribution in [0.2, 0.25) is 0 Å². The number of rotatable bonds is 19. The number of nitrogens with one attached hydrogen (secondary N) is 3. The van der Waals surface area contributed by atoms with E-state index in [2.05, 4.69) is 33.6 Å². The Hall–Kier alpha value is -8.09. The Morgan fingerprint density at radius 2 is 0.907 bits per heavy atom. The van der Waals surface area contributed by atoms with Gasteiger partial charge in [0.1, 0.15) is 41.8 Å². The van der Waals surface area contributed by atoms with Crippen LogP contribution < -0.4 is 21.7 Å². The zero-order valence-corrected chi connectivity index (χ0v) is 49.2. The molecule has 86 heavy (non-hydrogen) atoms. The monoisotopic (exact) mass is 1200 g/mol. The highest BCUT2D eigenvalue weighted by atomic mass is 35.5. The van der Waals surface area contributed by atoms with E-state index in [1.165, 1.54) is 38.1 Å². The summed E-state index contributed by atoms with van der Waals surface area (Å²) in [5.74, 6) is -1.95. The van der Waals surface area contributed by atoms with Crippen LogP contribution in [0.3, 0.4) is 0 Å². The van der Waals surface area contributed by atoms with Gasteiger partial charge in [0.2, 0.25) is 46.6 Å². The predicted molar refractivity (Wildman–Crippen MR) is 329 cm³/mol. The van der Waals surface area contributed by atoms with Crippen LogP contribution in [0.15, 0.2) is 133 Å². The second kappa shape index (κ2) is 30.3. The molecule has 16 nitrogen and oxygen atoms in total. The summed E-state index contributed by atoms with van der Waals surface area (Å²) < 4.78 is 26.8. The fourth-order valence-corrected chi connectivity index (χ4v) is 11.4. The van der Waals surface area contributed by atoms with E-state index in [1.54, 1.807) is 58.0 Å². The first kappa shape index (κ1) is 65.5. The number of benzene rings is 6. The first-order valence-electron chi connectivity index (χ1n) is 29.1. The maximum absolute atomic E-state index is 14.1. The molecule has 19 heteroatoms. The van der Waals surface area contributed by atoms with E-state index in [-0.39, 0.29) is 98.1 Å². The molecule has 7 amide bonds. The van der Waals surface area contributed by atoms with Gasteiger partial charge < -0.3 is 41.3 Å². The smallest absolute Gasteiger partial charge is 0.246 e. The number of carbonyl (C=O) groups is 8. The van der Waals surface area contributed by atoms with Gasteiger partial charge in [0, 0.05) is 73.4 Å². The lowest BCUT2D eigenvalue weighted by Crippen LogP contribution is -2.65. The molecule has 2 saturated carbocycles. The summed E-state index contributed by atoms with van der Waals surface area (Å²) in [7, 11) is 3.14. The maximum atomic E-state index is 14.1. The third-order valence-electron chi connectivity index (χ3n) is 16.2. The van der Waals surface area contributed by atoms with Crippen LogP contribution in [-0.4, -0.2) is 143 Å². The van der Waals surface area contributed by atoms with Crippen LogP contribution in [0, 0.1) is 23.5 Å². The molecule has 4 aliphatic rings. The van der Waals surface area contributed by atoms with E-state index in [4.69, 9.17) is 5.73 Å². The largest absolute Gasteiger partial charge is 0.357 e. The molecule has 0 spiro atoms. The van der Waals surface area contributed by atoms with E-state index in [0.717, 1.165) is 63.9 Å². The van der Waals surface area contributed by atoms with Gasteiger partial charge in [-0.3, -0.25) is 38.4 Å². The highest BCUT2D eigenvalue weighted by Crippen LogP contribution is 2.38. The molecule has 2 aliphatic carbocycles. The fourth-order valence-electron chi connectivity index (χ4n) is 11.4. The summed E-state index contributed by atoms with van der Waals surface area (Å²) in [5, 5.41) is 12.2. The van der Waals surface area contributed by atoms with Gasteiger partial charge in [0.25, 0.3) is 0 Å². The van der Waals surface area contributed by atoms with Crippen LogP contribution in [0.4, 0.5) is 8.78 Å². The van der Waals surface area contributed by atoms with Crippen LogP contribution in [-0.2, 0) is 64.0 Å². The van der Waals surface area contributed by atoms with Gasteiger partial charge in [-0.15, -0.1) is 0 Å². The third-order valence-corrected chi connectivity index (χ3v) is 16.2. The quantitative estimate of drug-likeness (QED) is 0.0586. The number of piperazine rings is 2. The second-order valence-corrected chi connectivity index (χ2v) is 23.1. The molecule has 2 saturated heterocycles. The van der Waals surface area contributed by atoms with Crippen molar-refractivity contribution < 1.29 is 47.1 Å². The number of halogens is 3. The first-order valence-corrected chi connectivity index (χ1v) is 29.5.